The minimum atomic E-state index is -0.541. The van der Waals surface area contributed by atoms with Crippen molar-refractivity contribution in [1.29, 1.82) is 0 Å². The lowest BCUT2D eigenvalue weighted by Crippen LogP contribution is -2.57. The second-order valence-electron chi connectivity index (χ2n) is 11.1. The van der Waals surface area contributed by atoms with Crippen molar-refractivity contribution in [1.82, 2.24) is 0 Å². The van der Waals surface area contributed by atoms with Gasteiger partial charge in [-0.3, -0.25) is 9.59 Å². The van der Waals surface area contributed by atoms with Crippen molar-refractivity contribution in [3.05, 3.63) is 11.6 Å². The fourth-order valence-corrected chi connectivity index (χ4v) is 8.85. The minimum absolute atomic E-state index is 0.0336. The molecule has 0 aromatic carbocycles. The maximum atomic E-state index is 13.1. The summed E-state index contributed by atoms with van der Waals surface area (Å²) in [6.07, 6.45) is 9.53. The van der Waals surface area contributed by atoms with Gasteiger partial charge in [0, 0.05) is 13.3 Å². The quantitative estimate of drug-likeness (QED) is 0.480. The van der Waals surface area contributed by atoms with Crippen LogP contribution in [0.4, 0.5) is 0 Å². The zero-order valence-electron chi connectivity index (χ0n) is 19.0. The van der Waals surface area contributed by atoms with Crippen molar-refractivity contribution in [2.24, 2.45) is 39.2 Å². The van der Waals surface area contributed by atoms with Crippen LogP contribution in [0.5, 0.6) is 0 Å². The maximum Gasteiger partial charge on any atom is 0.302 e. The molecule has 8 atom stereocenters. The number of hydrogen-bond donors (Lipinski definition) is 0. The molecule has 30 heavy (non-hydrogen) atoms. The Balaban J connectivity index is 1.48. The number of ketones is 1. The highest BCUT2D eigenvalue weighted by molar-refractivity contribution is 6.10. The molecule has 0 aromatic heterocycles. The lowest BCUT2D eigenvalue weighted by Gasteiger charge is -2.59. The molecule has 0 saturated heterocycles. The highest BCUT2D eigenvalue weighted by Crippen LogP contribution is 2.71. The van der Waals surface area contributed by atoms with Crippen LogP contribution in [-0.4, -0.2) is 29.7 Å². The number of carbonyl (C=O) groups is 2. The van der Waals surface area contributed by atoms with Crippen molar-refractivity contribution < 1.29 is 19.2 Å². The summed E-state index contributed by atoms with van der Waals surface area (Å²) < 4.78 is 5.56. The summed E-state index contributed by atoms with van der Waals surface area (Å²) in [5.74, 6) is 1.76. The Labute approximate surface area is 179 Å². The number of ether oxygens (including phenoxy) is 1. The monoisotopic (exact) mass is 413 g/mol. The van der Waals surface area contributed by atoms with E-state index in [0.717, 1.165) is 50.7 Å². The summed E-state index contributed by atoms with van der Waals surface area (Å²) >= 11 is 0. The third kappa shape index (κ3) is 2.32. The van der Waals surface area contributed by atoms with E-state index in [0.29, 0.717) is 17.8 Å². The Morgan fingerprint density at radius 3 is 2.63 bits per heavy atom. The smallest absolute Gasteiger partial charge is 0.302 e. The number of esters is 1. The van der Waals surface area contributed by atoms with Crippen molar-refractivity contribution in [2.45, 2.75) is 91.8 Å². The van der Waals surface area contributed by atoms with Crippen LogP contribution in [0.15, 0.2) is 16.8 Å². The zero-order valence-corrected chi connectivity index (χ0v) is 19.0. The van der Waals surface area contributed by atoms with Gasteiger partial charge in [0.1, 0.15) is 23.4 Å². The Bertz CT molecular complexity index is 861. The molecule has 5 rings (SSSR count). The Hall–Kier alpha value is -1.65. The first-order valence-electron chi connectivity index (χ1n) is 11.7. The van der Waals surface area contributed by atoms with Crippen LogP contribution < -0.4 is 0 Å². The molecule has 5 aliphatic rings. The molecule has 164 valence electrons. The van der Waals surface area contributed by atoms with Crippen molar-refractivity contribution in [3.8, 4) is 0 Å². The highest BCUT2D eigenvalue weighted by Gasteiger charge is 2.73. The molecule has 0 aromatic rings. The molecule has 4 aliphatic carbocycles. The highest BCUT2D eigenvalue weighted by atomic mass is 16.6. The van der Waals surface area contributed by atoms with E-state index in [4.69, 9.17) is 9.57 Å². The molecule has 0 spiro atoms. The maximum absolute atomic E-state index is 13.1. The Kier molecular flexibility index (Phi) is 4.34. The largest absolute Gasteiger partial charge is 0.462 e. The molecule has 3 saturated carbocycles. The SMILES string of the molecule is CC(=O)O[C@H]1CC[C@@]2(C)C(=CC[C@@H]3[C@@H]2CC[C@@]2(C)[C@H]3C[C@H]3ON=C(C)[C@]32C(C)=O)C1. The molecule has 3 fully saturated rings. The van der Waals surface area contributed by atoms with E-state index in [9.17, 15) is 9.59 Å². The number of fused-ring (bicyclic) bond motifs is 7. The van der Waals surface area contributed by atoms with E-state index >= 15 is 0 Å². The van der Waals surface area contributed by atoms with E-state index < -0.39 is 5.41 Å². The zero-order chi connectivity index (χ0) is 21.5. The van der Waals surface area contributed by atoms with E-state index in [1.807, 2.05) is 6.92 Å². The summed E-state index contributed by atoms with van der Waals surface area (Å²) in [5, 5.41) is 4.31. The molecule has 0 radical (unpaired) electrons. The molecule has 0 amide bonds. The average molecular weight is 414 g/mol. The third-order valence-corrected chi connectivity index (χ3v) is 10.1. The van der Waals surface area contributed by atoms with E-state index in [-0.39, 0.29) is 34.8 Å². The molecule has 0 N–H and O–H groups in total. The average Bonchev–Trinajstić information content (AvgIpc) is 3.15. The molecule has 5 heteroatoms. The number of carbonyl (C=O) groups excluding carboxylic acids is 2. The van der Waals surface area contributed by atoms with Crippen LogP contribution >= 0.6 is 0 Å². The summed E-state index contributed by atoms with van der Waals surface area (Å²) in [7, 11) is 0. The van der Waals surface area contributed by atoms with Gasteiger partial charge in [0.15, 0.2) is 0 Å². The first kappa shape index (κ1) is 20.3. The molecule has 0 bridgehead atoms. The molecule has 0 unspecified atom stereocenters. The van der Waals surface area contributed by atoms with Crippen molar-refractivity contribution >= 4 is 17.5 Å². The summed E-state index contributed by atoms with van der Waals surface area (Å²) in [5.41, 5.74) is 1.96. The number of rotatable bonds is 2. The van der Waals surface area contributed by atoms with Crippen molar-refractivity contribution in [2.75, 3.05) is 0 Å². The van der Waals surface area contributed by atoms with Gasteiger partial charge in [-0.05, 0) is 81.0 Å². The first-order chi connectivity index (χ1) is 14.1. The lowest BCUT2D eigenvalue weighted by atomic mass is 9.45. The predicted octanol–water partition coefficient (Wildman–Crippen LogP) is 4.84. The second kappa shape index (κ2) is 6.43. The van der Waals surface area contributed by atoms with Crippen molar-refractivity contribution in [3.63, 3.8) is 0 Å². The normalized spacial score (nSPS) is 48.9. The summed E-state index contributed by atoms with van der Waals surface area (Å²) in [6, 6.07) is 0. The van der Waals surface area contributed by atoms with Gasteiger partial charge in [0.25, 0.3) is 0 Å². The topological polar surface area (TPSA) is 65.0 Å². The number of allylic oxidation sites excluding steroid dienone is 1. The van der Waals surface area contributed by atoms with Crippen LogP contribution in [0.1, 0.15) is 79.6 Å². The van der Waals surface area contributed by atoms with Gasteiger partial charge in [-0.2, -0.15) is 0 Å². The summed E-state index contributed by atoms with van der Waals surface area (Å²) in [6.45, 7) is 10.1. The van der Waals surface area contributed by atoms with Gasteiger partial charge in [0.2, 0.25) is 0 Å². The van der Waals surface area contributed by atoms with Gasteiger partial charge in [-0.25, -0.2) is 0 Å². The number of hydrogen-bond acceptors (Lipinski definition) is 5. The Morgan fingerprint density at radius 2 is 1.93 bits per heavy atom. The second-order valence-corrected chi connectivity index (χ2v) is 11.1. The molecule has 5 nitrogen and oxygen atoms in total. The first-order valence-corrected chi connectivity index (χ1v) is 11.7. The molecule has 1 heterocycles. The molecule has 1 aliphatic heterocycles. The van der Waals surface area contributed by atoms with Gasteiger partial charge >= 0.3 is 5.97 Å². The van der Waals surface area contributed by atoms with Crippen LogP contribution in [0.25, 0.3) is 0 Å². The number of oxime groups is 1. The lowest BCUT2D eigenvalue weighted by molar-refractivity contribution is -0.149. The van der Waals surface area contributed by atoms with Crippen LogP contribution in [0, 0.1) is 34.0 Å². The molecular formula is C25H35NO4. The number of Topliss-reactive ketones (excluding diaryl/α,β-unsaturated/α-hetero) is 1. The van der Waals surface area contributed by atoms with E-state index in [1.54, 1.807) is 6.92 Å². The van der Waals surface area contributed by atoms with Gasteiger partial charge in [-0.15, -0.1) is 0 Å². The van der Waals surface area contributed by atoms with Crippen LogP contribution in [0.3, 0.4) is 0 Å². The van der Waals surface area contributed by atoms with Crippen LogP contribution in [-0.2, 0) is 19.2 Å². The number of nitrogens with zero attached hydrogens (tertiary/aromatic N) is 1. The van der Waals surface area contributed by atoms with E-state index in [1.165, 1.54) is 12.5 Å². The minimum Gasteiger partial charge on any atom is -0.462 e. The van der Waals surface area contributed by atoms with Gasteiger partial charge in [0.05, 0.1) is 5.71 Å². The van der Waals surface area contributed by atoms with Crippen LogP contribution in [0.2, 0.25) is 0 Å². The van der Waals surface area contributed by atoms with Gasteiger partial charge < -0.3 is 9.57 Å². The van der Waals surface area contributed by atoms with E-state index in [2.05, 4.69) is 25.1 Å². The standard InChI is InChI=1S/C25H35NO4/c1-14-25(15(2)27)22(30-26-14)13-21-19-7-6-17-12-18(29-16(3)28)8-10-23(17,4)20(19)9-11-24(21,25)5/h6,18-22H,7-13H2,1-5H3/t18-,19+,20-,21-,22+,23-,24-,25-/m0/s1. The summed E-state index contributed by atoms with van der Waals surface area (Å²) in [4.78, 5) is 30.4. The molecular weight excluding hydrogens is 378 g/mol. The fourth-order valence-electron chi connectivity index (χ4n) is 8.85. The fraction of sp³-hybridized carbons (Fsp3) is 0.800. The Morgan fingerprint density at radius 1 is 1.17 bits per heavy atom. The predicted molar refractivity (Wildman–Crippen MR) is 114 cm³/mol. The third-order valence-electron chi connectivity index (χ3n) is 10.1. The van der Waals surface area contributed by atoms with Gasteiger partial charge in [-0.1, -0.05) is 30.7 Å².